The molecule has 1 aliphatic heterocycles. The van der Waals surface area contributed by atoms with E-state index in [1.165, 1.54) is 0 Å². The average Bonchev–Trinajstić information content (AvgIpc) is 2.56. The lowest BCUT2D eigenvalue weighted by molar-refractivity contribution is 0.0911. The lowest BCUT2D eigenvalue weighted by Gasteiger charge is -2.26. The van der Waals surface area contributed by atoms with Crippen molar-refractivity contribution in [3.05, 3.63) is 29.8 Å². The minimum absolute atomic E-state index is 0.0744. The van der Waals surface area contributed by atoms with Crippen molar-refractivity contribution in [2.45, 2.75) is 32.7 Å². The topological polar surface area (TPSA) is 61.4 Å². The van der Waals surface area contributed by atoms with Crippen molar-refractivity contribution in [3.63, 3.8) is 0 Å². The SMILES string of the molecule is CCC(C)(C)NC(=O)c1ccc(NC(=O)N2CCSCC2)cc1. The van der Waals surface area contributed by atoms with Gasteiger partial charge in [-0.05, 0) is 44.5 Å². The highest BCUT2D eigenvalue weighted by Gasteiger charge is 2.19. The van der Waals surface area contributed by atoms with E-state index in [2.05, 4.69) is 10.6 Å². The van der Waals surface area contributed by atoms with Crippen molar-refractivity contribution in [1.29, 1.82) is 0 Å². The van der Waals surface area contributed by atoms with Gasteiger partial charge in [0.05, 0.1) is 0 Å². The Hall–Kier alpha value is -1.69. The number of carbonyl (C=O) groups is 2. The van der Waals surface area contributed by atoms with Crippen LogP contribution in [-0.4, -0.2) is 47.0 Å². The fraction of sp³-hybridized carbons (Fsp3) is 0.529. The standard InChI is InChI=1S/C17H25N3O2S/c1-4-17(2,3)19-15(21)13-5-7-14(8-6-13)18-16(22)20-9-11-23-12-10-20/h5-8H,4,9-12H2,1-3H3,(H,18,22)(H,19,21). The van der Waals surface area contributed by atoms with Gasteiger partial charge >= 0.3 is 6.03 Å². The van der Waals surface area contributed by atoms with E-state index in [1.807, 2.05) is 37.4 Å². The minimum Gasteiger partial charge on any atom is -0.347 e. The molecule has 0 spiro atoms. The van der Waals surface area contributed by atoms with Crippen molar-refractivity contribution >= 4 is 29.4 Å². The maximum absolute atomic E-state index is 12.2. The first-order valence-electron chi connectivity index (χ1n) is 7.97. The first-order chi connectivity index (χ1) is 10.9. The fourth-order valence-corrected chi connectivity index (χ4v) is 3.04. The third-order valence-electron chi connectivity index (χ3n) is 4.03. The van der Waals surface area contributed by atoms with E-state index in [0.29, 0.717) is 11.3 Å². The van der Waals surface area contributed by atoms with Gasteiger partial charge in [-0.2, -0.15) is 11.8 Å². The van der Waals surface area contributed by atoms with E-state index in [-0.39, 0.29) is 17.5 Å². The van der Waals surface area contributed by atoms with Gasteiger partial charge in [-0.1, -0.05) is 6.92 Å². The van der Waals surface area contributed by atoms with Gasteiger partial charge in [-0.15, -0.1) is 0 Å². The molecule has 0 unspecified atom stereocenters. The molecular formula is C17H25N3O2S. The monoisotopic (exact) mass is 335 g/mol. The molecule has 2 N–H and O–H groups in total. The van der Waals surface area contributed by atoms with Gasteiger partial charge in [0.2, 0.25) is 0 Å². The van der Waals surface area contributed by atoms with Crippen molar-refractivity contribution in [1.82, 2.24) is 10.2 Å². The van der Waals surface area contributed by atoms with Crippen LogP contribution in [0.15, 0.2) is 24.3 Å². The Balaban J connectivity index is 1.93. The molecular weight excluding hydrogens is 310 g/mol. The summed E-state index contributed by atoms with van der Waals surface area (Å²) >= 11 is 1.87. The first-order valence-corrected chi connectivity index (χ1v) is 9.13. The van der Waals surface area contributed by atoms with Crippen molar-refractivity contribution in [2.75, 3.05) is 29.9 Å². The van der Waals surface area contributed by atoms with E-state index in [4.69, 9.17) is 0 Å². The summed E-state index contributed by atoms with van der Waals surface area (Å²) in [6.45, 7) is 7.59. The number of nitrogens with one attached hydrogen (secondary N) is 2. The Morgan fingerprint density at radius 1 is 1.17 bits per heavy atom. The van der Waals surface area contributed by atoms with Gasteiger partial charge in [0, 0.05) is 41.4 Å². The molecule has 0 aromatic heterocycles. The predicted molar refractivity (Wildman–Crippen MR) is 96.2 cm³/mol. The number of thioether (sulfide) groups is 1. The second-order valence-electron chi connectivity index (χ2n) is 6.30. The van der Waals surface area contributed by atoms with Crippen molar-refractivity contribution in [2.24, 2.45) is 0 Å². The molecule has 0 saturated carbocycles. The van der Waals surface area contributed by atoms with E-state index < -0.39 is 0 Å². The fourth-order valence-electron chi connectivity index (χ4n) is 2.14. The zero-order valence-corrected chi connectivity index (χ0v) is 14.8. The van der Waals surface area contributed by atoms with Crippen LogP contribution in [0.3, 0.4) is 0 Å². The molecule has 0 radical (unpaired) electrons. The Kier molecular flexibility index (Phi) is 5.93. The maximum atomic E-state index is 12.2. The lowest BCUT2D eigenvalue weighted by atomic mass is 10.0. The van der Waals surface area contributed by atoms with Crippen LogP contribution in [0.5, 0.6) is 0 Å². The molecule has 1 saturated heterocycles. The number of benzene rings is 1. The summed E-state index contributed by atoms with van der Waals surface area (Å²) in [6.07, 6.45) is 0.862. The molecule has 1 fully saturated rings. The summed E-state index contributed by atoms with van der Waals surface area (Å²) in [5, 5.41) is 5.88. The summed E-state index contributed by atoms with van der Waals surface area (Å²) in [5.74, 6) is 1.88. The molecule has 3 amide bonds. The molecule has 5 nitrogen and oxygen atoms in total. The van der Waals surface area contributed by atoms with E-state index in [9.17, 15) is 9.59 Å². The van der Waals surface area contributed by atoms with Crippen LogP contribution >= 0.6 is 11.8 Å². The summed E-state index contributed by atoms with van der Waals surface area (Å²) in [7, 11) is 0. The summed E-state index contributed by atoms with van der Waals surface area (Å²) in [4.78, 5) is 26.2. The minimum atomic E-state index is -0.226. The third kappa shape index (κ3) is 5.16. The highest BCUT2D eigenvalue weighted by atomic mass is 32.2. The quantitative estimate of drug-likeness (QED) is 0.888. The Labute approximate surface area is 142 Å². The number of carbonyl (C=O) groups excluding carboxylic acids is 2. The van der Waals surface area contributed by atoms with Gasteiger partial charge in [-0.25, -0.2) is 4.79 Å². The molecule has 0 atom stereocenters. The van der Waals surface area contributed by atoms with Gasteiger partial charge in [-0.3, -0.25) is 4.79 Å². The van der Waals surface area contributed by atoms with Crippen LogP contribution in [0.4, 0.5) is 10.5 Å². The number of rotatable bonds is 4. The van der Waals surface area contributed by atoms with Crippen LogP contribution in [0.1, 0.15) is 37.6 Å². The Morgan fingerprint density at radius 3 is 2.35 bits per heavy atom. The Bertz CT molecular complexity index is 551. The number of anilines is 1. The van der Waals surface area contributed by atoms with Gasteiger partial charge in [0.1, 0.15) is 0 Å². The number of nitrogens with zero attached hydrogens (tertiary/aromatic N) is 1. The molecule has 126 valence electrons. The molecule has 1 aliphatic rings. The lowest BCUT2D eigenvalue weighted by Crippen LogP contribution is -2.42. The number of urea groups is 1. The maximum Gasteiger partial charge on any atom is 0.321 e. The first kappa shape index (κ1) is 17.7. The number of hydrogen-bond donors (Lipinski definition) is 2. The molecule has 0 bridgehead atoms. The molecule has 1 aromatic carbocycles. The molecule has 6 heteroatoms. The summed E-state index contributed by atoms with van der Waals surface area (Å²) in [6, 6.07) is 6.94. The van der Waals surface area contributed by atoms with E-state index in [0.717, 1.165) is 31.0 Å². The van der Waals surface area contributed by atoms with Crippen LogP contribution in [0, 0.1) is 0 Å². The second-order valence-corrected chi connectivity index (χ2v) is 7.52. The van der Waals surface area contributed by atoms with Gasteiger partial charge in [0.25, 0.3) is 5.91 Å². The molecule has 1 heterocycles. The number of hydrogen-bond acceptors (Lipinski definition) is 3. The van der Waals surface area contributed by atoms with Crippen LogP contribution in [0.25, 0.3) is 0 Å². The Morgan fingerprint density at radius 2 is 1.78 bits per heavy atom. The van der Waals surface area contributed by atoms with Gasteiger partial charge in [0.15, 0.2) is 0 Å². The van der Waals surface area contributed by atoms with E-state index in [1.54, 1.807) is 24.3 Å². The highest BCUT2D eigenvalue weighted by molar-refractivity contribution is 7.99. The largest absolute Gasteiger partial charge is 0.347 e. The highest BCUT2D eigenvalue weighted by Crippen LogP contribution is 2.15. The average molecular weight is 335 g/mol. The molecule has 23 heavy (non-hydrogen) atoms. The van der Waals surface area contributed by atoms with Crippen molar-refractivity contribution < 1.29 is 9.59 Å². The van der Waals surface area contributed by atoms with Crippen molar-refractivity contribution in [3.8, 4) is 0 Å². The van der Waals surface area contributed by atoms with Crippen LogP contribution in [0.2, 0.25) is 0 Å². The normalized spacial score (nSPS) is 15.2. The third-order valence-corrected chi connectivity index (χ3v) is 4.97. The predicted octanol–water partition coefficient (Wildman–Crippen LogP) is 3.19. The second kappa shape index (κ2) is 7.73. The summed E-state index contributed by atoms with van der Waals surface area (Å²) < 4.78 is 0. The van der Waals surface area contributed by atoms with Gasteiger partial charge < -0.3 is 15.5 Å². The summed E-state index contributed by atoms with van der Waals surface area (Å²) in [5.41, 5.74) is 1.08. The molecule has 2 rings (SSSR count). The van der Waals surface area contributed by atoms with Crippen LogP contribution < -0.4 is 10.6 Å². The zero-order valence-electron chi connectivity index (χ0n) is 14.0. The zero-order chi connectivity index (χ0) is 16.9. The molecule has 1 aromatic rings. The number of amides is 3. The smallest absolute Gasteiger partial charge is 0.321 e. The van der Waals surface area contributed by atoms with Crippen LogP contribution in [-0.2, 0) is 0 Å². The molecule has 0 aliphatic carbocycles. The van der Waals surface area contributed by atoms with E-state index >= 15 is 0 Å².